The lowest BCUT2D eigenvalue weighted by molar-refractivity contribution is -0.120. The Morgan fingerprint density at radius 2 is 2.24 bits per heavy atom. The Hall–Kier alpha value is -2.18. The van der Waals surface area contributed by atoms with Gasteiger partial charge in [-0.25, -0.2) is 9.97 Å². The first-order valence-electron chi connectivity index (χ1n) is 8.22. The Bertz CT molecular complexity index is 880. The van der Waals surface area contributed by atoms with Gasteiger partial charge in [-0.2, -0.15) is 0 Å². The number of carbonyl (C=O) groups excluding carboxylic acids is 1. The van der Waals surface area contributed by atoms with E-state index in [0.29, 0.717) is 11.6 Å². The third-order valence-electron chi connectivity index (χ3n) is 4.31. The summed E-state index contributed by atoms with van der Waals surface area (Å²) in [6, 6.07) is 11.1. The fraction of sp³-hybridized carbons (Fsp3) is 0.278. The smallest absolute Gasteiger partial charge is 0.229 e. The number of thiazole rings is 1. The van der Waals surface area contributed by atoms with Crippen LogP contribution >= 0.6 is 22.9 Å². The number of nitrogens with zero attached hydrogens (tertiary/aromatic N) is 3. The Labute approximate surface area is 154 Å². The molecule has 0 saturated carbocycles. The summed E-state index contributed by atoms with van der Waals surface area (Å²) >= 11 is 7.56. The van der Waals surface area contributed by atoms with E-state index in [9.17, 15) is 4.79 Å². The second kappa shape index (κ2) is 6.98. The minimum absolute atomic E-state index is 0.0335. The average molecular weight is 373 g/mol. The average Bonchev–Trinajstić information content (AvgIpc) is 3.06. The number of carbonyl (C=O) groups is 1. The van der Waals surface area contributed by atoms with Gasteiger partial charge in [0.1, 0.15) is 10.3 Å². The summed E-state index contributed by atoms with van der Waals surface area (Å²) < 4.78 is 0. The summed E-state index contributed by atoms with van der Waals surface area (Å²) in [5.41, 5.74) is 1.65. The highest BCUT2D eigenvalue weighted by atomic mass is 35.5. The number of pyridine rings is 1. The Balaban J connectivity index is 1.47. The highest BCUT2D eigenvalue weighted by Crippen LogP contribution is 2.30. The van der Waals surface area contributed by atoms with Gasteiger partial charge in [0.05, 0.1) is 5.92 Å². The maximum atomic E-state index is 12.6. The molecule has 2 aromatic heterocycles. The first-order valence-corrected chi connectivity index (χ1v) is 9.41. The van der Waals surface area contributed by atoms with E-state index in [2.05, 4.69) is 20.2 Å². The highest BCUT2D eigenvalue weighted by molar-refractivity contribution is 7.21. The third-order valence-corrected chi connectivity index (χ3v) is 5.59. The predicted molar refractivity (Wildman–Crippen MR) is 102 cm³/mol. The quantitative estimate of drug-likeness (QED) is 0.748. The Kier molecular flexibility index (Phi) is 4.55. The molecular weight excluding hydrogens is 356 g/mol. The molecule has 7 heteroatoms. The van der Waals surface area contributed by atoms with Crippen molar-refractivity contribution in [3.8, 4) is 0 Å². The predicted octanol–water partition coefficient (Wildman–Crippen LogP) is 4.20. The summed E-state index contributed by atoms with van der Waals surface area (Å²) in [4.78, 5) is 24.8. The van der Waals surface area contributed by atoms with Gasteiger partial charge in [0.25, 0.3) is 0 Å². The number of benzene rings is 1. The second-order valence-electron chi connectivity index (χ2n) is 6.11. The van der Waals surface area contributed by atoms with Crippen molar-refractivity contribution in [2.45, 2.75) is 12.8 Å². The number of fused-ring (bicyclic) bond motifs is 1. The van der Waals surface area contributed by atoms with Gasteiger partial charge in [0, 0.05) is 30.0 Å². The fourth-order valence-electron chi connectivity index (χ4n) is 3.07. The molecule has 1 fully saturated rings. The number of hydrogen-bond acceptors (Lipinski definition) is 5. The molecule has 1 aromatic carbocycles. The standard InChI is InChI=1S/C18H17ClN4OS/c19-13-5-1-6-14(10-13)21-16(24)12-4-3-9-23(11-12)18-22-15-7-2-8-20-17(15)25-18/h1-2,5-8,10,12H,3-4,9,11H2,(H,21,24)/t12-/m0/s1. The molecule has 0 bridgehead atoms. The lowest BCUT2D eigenvalue weighted by Gasteiger charge is -2.31. The lowest BCUT2D eigenvalue weighted by atomic mass is 9.97. The molecule has 3 heterocycles. The van der Waals surface area contributed by atoms with Crippen molar-refractivity contribution in [2.75, 3.05) is 23.3 Å². The van der Waals surface area contributed by atoms with Gasteiger partial charge in [-0.3, -0.25) is 4.79 Å². The van der Waals surface area contributed by atoms with E-state index in [1.54, 1.807) is 29.7 Å². The molecule has 0 unspecified atom stereocenters. The minimum Gasteiger partial charge on any atom is -0.347 e. The van der Waals surface area contributed by atoms with E-state index in [4.69, 9.17) is 11.6 Å². The van der Waals surface area contributed by atoms with Gasteiger partial charge in [0.15, 0.2) is 5.13 Å². The number of halogens is 1. The maximum absolute atomic E-state index is 12.6. The molecule has 0 spiro atoms. The van der Waals surface area contributed by atoms with Crippen LogP contribution in [0.2, 0.25) is 5.02 Å². The molecule has 128 valence electrons. The first-order chi connectivity index (χ1) is 12.2. The van der Waals surface area contributed by atoms with Gasteiger partial charge in [-0.15, -0.1) is 0 Å². The topological polar surface area (TPSA) is 58.1 Å². The van der Waals surface area contributed by atoms with Crippen molar-refractivity contribution >= 4 is 50.0 Å². The van der Waals surface area contributed by atoms with Crippen LogP contribution in [-0.4, -0.2) is 29.0 Å². The van der Waals surface area contributed by atoms with Crippen LogP contribution in [0.1, 0.15) is 12.8 Å². The largest absolute Gasteiger partial charge is 0.347 e. The monoisotopic (exact) mass is 372 g/mol. The summed E-state index contributed by atoms with van der Waals surface area (Å²) in [6.45, 7) is 1.59. The fourth-order valence-corrected chi connectivity index (χ4v) is 4.20. The van der Waals surface area contributed by atoms with Gasteiger partial charge in [-0.05, 0) is 43.2 Å². The van der Waals surface area contributed by atoms with Crippen LogP contribution in [0.4, 0.5) is 10.8 Å². The van der Waals surface area contributed by atoms with E-state index in [0.717, 1.165) is 40.6 Å². The van der Waals surface area contributed by atoms with Crippen LogP contribution in [-0.2, 0) is 4.79 Å². The summed E-state index contributed by atoms with van der Waals surface area (Å²) in [7, 11) is 0. The number of piperidine rings is 1. The van der Waals surface area contributed by atoms with Crippen molar-refractivity contribution in [1.29, 1.82) is 0 Å². The third kappa shape index (κ3) is 3.60. The van der Waals surface area contributed by atoms with Crippen LogP contribution in [0.3, 0.4) is 0 Å². The number of amides is 1. The molecule has 1 atom stereocenters. The van der Waals surface area contributed by atoms with Gasteiger partial charge in [0.2, 0.25) is 5.91 Å². The van der Waals surface area contributed by atoms with Crippen molar-refractivity contribution in [3.63, 3.8) is 0 Å². The molecule has 0 aliphatic carbocycles. The van der Waals surface area contributed by atoms with Crippen molar-refractivity contribution in [2.24, 2.45) is 5.92 Å². The number of rotatable bonds is 3. The molecule has 3 aromatic rings. The van der Waals surface area contributed by atoms with E-state index in [1.165, 1.54) is 0 Å². The number of anilines is 2. The molecule has 0 radical (unpaired) electrons. The first kappa shape index (κ1) is 16.3. The normalized spacial score (nSPS) is 17.6. The van der Waals surface area contributed by atoms with Gasteiger partial charge >= 0.3 is 0 Å². The number of hydrogen-bond donors (Lipinski definition) is 1. The van der Waals surface area contributed by atoms with Crippen molar-refractivity contribution in [3.05, 3.63) is 47.6 Å². The van der Waals surface area contributed by atoms with Crippen LogP contribution in [0.5, 0.6) is 0 Å². The summed E-state index contributed by atoms with van der Waals surface area (Å²) in [6.07, 6.45) is 3.63. The zero-order valence-electron chi connectivity index (χ0n) is 13.5. The van der Waals surface area contributed by atoms with E-state index in [-0.39, 0.29) is 11.8 Å². The van der Waals surface area contributed by atoms with Crippen LogP contribution in [0.15, 0.2) is 42.6 Å². The molecule has 4 rings (SSSR count). The van der Waals surface area contributed by atoms with Gasteiger partial charge < -0.3 is 10.2 Å². The molecule has 1 aliphatic heterocycles. The van der Waals surface area contributed by atoms with Crippen LogP contribution in [0, 0.1) is 5.92 Å². The highest BCUT2D eigenvalue weighted by Gasteiger charge is 2.27. The van der Waals surface area contributed by atoms with Crippen LogP contribution in [0.25, 0.3) is 10.3 Å². The zero-order chi connectivity index (χ0) is 17.2. The maximum Gasteiger partial charge on any atom is 0.229 e. The molecule has 1 saturated heterocycles. The van der Waals surface area contributed by atoms with E-state index >= 15 is 0 Å². The number of aromatic nitrogens is 2. The summed E-state index contributed by atoms with van der Waals surface area (Å²) in [5, 5.41) is 4.53. The lowest BCUT2D eigenvalue weighted by Crippen LogP contribution is -2.40. The van der Waals surface area contributed by atoms with Crippen molar-refractivity contribution in [1.82, 2.24) is 9.97 Å². The minimum atomic E-state index is -0.0623. The Morgan fingerprint density at radius 3 is 3.08 bits per heavy atom. The number of nitrogens with one attached hydrogen (secondary N) is 1. The molecule has 1 amide bonds. The zero-order valence-corrected chi connectivity index (χ0v) is 15.1. The Morgan fingerprint density at radius 1 is 1.32 bits per heavy atom. The second-order valence-corrected chi connectivity index (χ2v) is 7.50. The molecule has 1 aliphatic rings. The SMILES string of the molecule is O=C(Nc1cccc(Cl)c1)[C@H]1CCCN(c2nc3cccnc3s2)C1. The molecule has 5 nitrogen and oxygen atoms in total. The molecule has 25 heavy (non-hydrogen) atoms. The van der Waals surface area contributed by atoms with Crippen LogP contribution < -0.4 is 10.2 Å². The van der Waals surface area contributed by atoms with E-state index in [1.807, 2.05) is 24.3 Å². The molecule has 1 N–H and O–H groups in total. The van der Waals surface area contributed by atoms with Crippen molar-refractivity contribution < 1.29 is 4.79 Å². The summed E-state index contributed by atoms with van der Waals surface area (Å²) in [5.74, 6) is -0.0288. The molecular formula is C18H17ClN4OS. The van der Waals surface area contributed by atoms with Gasteiger partial charge in [-0.1, -0.05) is 29.0 Å². The van der Waals surface area contributed by atoms with E-state index < -0.39 is 0 Å².